The quantitative estimate of drug-likeness (QED) is 0.760. The second kappa shape index (κ2) is 3.09. The second-order valence-corrected chi connectivity index (χ2v) is 4.10. The van der Waals surface area contributed by atoms with Crippen LogP contribution in [0.5, 0.6) is 0 Å². The maximum absolute atomic E-state index is 9.65. The molecule has 1 heterocycles. The van der Waals surface area contributed by atoms with Gasteiger partial charge in [-0.3, -0.25) is 0 Å². The fraction of sp³-hybridized carbons (Fsp3) is 0.300. The number of benzene rings is 1. The Kier molecular flexibility index (Phi) is 1.36. The summed E-state index contributed by atoms with van der Waals surface area (Å²) in [6.45, 7) is -0.488. The fourth-order valence-electron chi connectivity index (χ4n) is 1.23. The minimum Gasteiger partial charge on any atom is -0.389 e. The van der Waals surface area contributed by atoms with Crippen LogP contribution in [0.2, 0.25) is 0 Å². The predicted molar refractivity (Wildman–Crippen MR) is 55.0 cm³/mol. The summed E-state index contributed by atoms with van der Waals surface area (Å²) in [5.41, 5.74) is 1.25. The third-order valence-electron chi connectivity index (χ3n) is 1.84. The lowest BCUT2D eigenvalue weighted by atomic mass is 10.1. The van der Waals surface area contributed by atoms with Crippen LogP contribution in [0.25, 0.3) is 10.2 Å². The van der Waals surface area contributed by atoms with E-state index in [1.54, 1.807) is 18.2 Å². The Labute approximate surface area is 85.1 Å². The Bertz CT molecular complexity index is 520. The van der Waals surface area contributed by atoms with Crippen molar-refractivity contribution in [1.82, 2.24) is 4.98 Å². The number of hydrogen-bond donors (Lipinski definition) is 1. The highest BCUT2D eigenvalue weighted by molar-refractivity contribution is 7.18. The van der Waals surface area contributed by atoms with Gasteiger partial charge in [-0.25, -0.2) is 4.98 Å². The van der Waals surface area contributed by atoms with Gasteiger partial charge < -0.3 is 5.11 Å². The molecule has 1 unspecified atom stereocenters. The van der Waals surface area contributed by atoms with Crippen molar-refractivity contribution in [3.63, 3.8) is 0 Å². The van der Waals surface area contributed by atoms with E-state index in [0.717, 1.165) is 15.2 Å². The van der Waals surface area contributed by atoms with Crippen LogP contribution in [0.15, 0.2) is 18.2 Å². The maximum Gasteiger partial charge on any atom is 0.0907 e. The van der Waals surface area contributed by atoms with Crippen LogP contribution in [0.3, 0.4) is 0 Å². The van der Waals surface area contributed by atoms with Crippen molar-refractivity contribution >= 4 is 21.6 Å². The molecule has 2 rings (SSSR count). The lowest BCUT2D eigenvalue weighted by molar-refractivity contribution is 0.199. The third kappa shape index (κ3) is 1.57. The van der Waals surface area contributed by atoms with Gasteiger partial charge in [-0.2, -0.15) is 0 Å². The first-order valence-electron chi connectivity index (χ1n) is 5.43. The van der Waals surface area contributed by atoms with Crippen molar-refractivity contribution in [1.29, 1.82) is 0 Å². The van der Waals surface area contributed by atoms with Crippen molar-refractivity contribution in [2.24, 2.45) is 0 Å². The molecule has 0 aliphatic rings. The summed E-state index contributed by atoms with van der Waals surface area (Å²) >= 11 is 1.49. The van der Waals surface area contributed by atoms with Crippen molar-refractivity contribution < 1.29 is 9.22 Å². The average Bonchev–Trinajstić information content (AvgIpc) is 2.54. The molecular weight excluding hydrogens is 182 g/mol. The largest absolute Gasteiger partial charge is 0.389 e. The van der Waals surface area contributed by atoms with Crippen LogP contribution in [0.1, 0.15) is 27.6 Å². The molecule has 1 atom stereocenters. The van der Waals surface area contributed by atoms with E-state index in [4.69, 9.17) is 4.11 Å². The second-order valence-electron chi connectivity index (χ2n) is 2.86. The van der Waals surface area contributed by atoms with Gasteiger partial charge in [0.1, 0.15) is 0 Å². The van der Waals surface area contributed by atoms with E-state index < -0.39 is 13.0 Å². The van der Waals surface area contributed by atoms with E-state index in [1.807, 2.05) is 6.92 Å². The van der Waals surface area contributed by atoms with Gasteiger partial charge in [-0.1, -0.05) is 6.07 Å². The summed E-state index contributed by atoms with van der Waals surface area (Å²) in [5.74, 6) is 0. The number of aryl methyl sites for hydroxylation is 1. The topological polar surface area (TPSA) is 33.1 Å². The first-order chi connectivity index (χ1) is 7.38. The average molecular weight is 196 g/mol. The molecule has 13 heavy (non-hydrogen) atoms. The molecule has 0 aliphatic heterocycles. The molecule has 0 spiro atoms. The zero-order valence-electron chi connectivity index (χ0n) is 10.1. The van der Waals surface area contributed by atoms with Gasteiger partial charge in [-0.05, 0) is 31.5 Å². The molecule has 2 nitrogen and oxygen atoms in total. The highest BCUT2D eigenvalue weighted by Crippen LogP contribution is 2.24. The number of hydrogen-bond acceptors (Lipinski definition) is 3. The smallest absolute Gasteiger partial charge is 0.0907 e. The van der Waals surface area contributed by atoms with Crippen LogP contribution < -0.4 is 0 Å². The predicted octanol–water partition coefficient (Wildman–Crippen LogP) is 2.66. The van der Waals surface area contributed by atoms with Gasteiger partial charge in [-0.15, -0.1) is 11.3 Å². The van der Waals surface area contributed by atoms with Crippen LogP contribution >= 0.6 is 11.3 Å². The number of aliphatic hydroxyl groups is 1. The maximum atomic E-state index is 9.65. The van der Waals surface area contributed by atoms with E-state index in [-0.39, 0.29) is 0 Å². The molecule has 1 aromatic carbocycles. The number of fused-ring (bicyclic) bond motifs is 1. The Morgan fingerprint density at radius 3 is 3.23 bits per heavy atom. The van der Waals surface area contributed by atoms with Gasteiger partial charge in [0, 0.05) is 4.11 Å². The van der Waals surface area contributed by atoms with E-state index >= 15 is 0 Å². The Hall–Kier alpha value is -0.930. The summed E-state index contributed by atoms with van der Waals surface area (Å²) in [6, 6.07) is 5.04. The summed E-state index contributed by atoms with van der Waals surface area (Å²) < 4.78 is 22.4. The molecule has 0 saturated carbocycles. The molecular formula is C10H11NOS. The summed E-state index contributed by atoms with van der Waals surface area (Å²) in [5, 5.41) is 10.6. The van der Waals surface area contributed by atoms with Gasteiger partial charge in [0.2, 0.25) is 0 Å². The minimum atomic E-state index is -2.38. The van der Waals surface area contributed by atoms with E-state index in [1.165, 1.54) is 11.3 Å². The van der Waals surface area contributed by atoms with E-state index in [9.17, 15) is 5.11 Å². The van der Waals surface area contributed by atoms with Crippen molar-refractivity contribution in [2.45, 2.75) is 19.9 Å². The van der Waals surface area contributed by atoms with Gasteiger partial charge in [0.05, 0.1) is 21.3 Å². The Morgan fingerprint density at radius 1 is 1.62 bits per heavy atom. The highest BCUT2D eigenvalue weighted by atomic mass is 32.1. The zero-order chi connectivity index (χ0) is 11.9. The number of thiazole rings is 1. The molecule has 0 saturated heterocycles. The van der Waals surface area contributed by atoms with Crippen LogP contribution in [-0.4, -0.2) is 10.1 Å². The lowest BCUT2D eigenvalue weighted by Crippen LogP contribution is -1.88. The summed E-state index contributed by atoms with van der Waals surface area (Å²) in [6.07, 6.45) is -1.43. The number of rotatable bonds is 1. The Balaban J connectivity index is 2.46. The SMILES string of the molecule is [2H]C([2H])([2H])C(O)c1ccc2nc(C)sc2c1. The van der Waals surface area contributed by atoms with Crippen LogP contribution in [0.4, 0.5) is 0 Å². The molecule has 2 aromatic rings. The summed E-state index contributed by atoms with van der Waals surface area (Å²) in [7, 11) is 0. The zero-order valence-corrected chi connectivity index (χ0v) is 7.93. The lowest BCUT2D eigenvalue weighted by Gasteiger charge is -2.02. The number of aromatic nitrogens is 1. The first kappa shape index (κ1) is 5.73. The molecule has 0 radical (unpaired) electrons. The number of aliphatic hydroxyl groups excluding tert-OH is 1. The van der Waals surface area contributed by atoms with Crippen LogP contribution in [0, 0.1) is 6.92 Å². The molecule has 68 valence electrons. The minimum absolute atomic E-state index is 0.413. The normalized spacial score (nSPS) is 17.8. The van der Waals surface area contributed by atoms with Crippen molar-refractivity contribution in [3.05, 3.63) is 28.8 Å². The van der Waals surface area contributed by atoms with Crippen LogP contribution in [-0.2, 0) is 0 Å². The molecule has 1 N–H and O–H groups in total. The monoisotopic (exact) mass is 196 g/mol. The highest BCUT2D eigenvalue weighted by Gasteiger charge is 2.04. The fourth-order valence-corrected chi connectivity index (χ4v) is 2.10. The van der Waals surface area contributed by atoms with E-state index in [0.29, 0.717) is 5.56 Å². The van der Waals surface area contributed by atoms with E-state index in [2.05, 4.69) is 4.98 Å². The molecule has 0 fully saturated rings. The van der Waals surface area contributed by atoms with Gasteiger partial charge in [0.25, 0.3) is 0 Å². The molecule has 1 aromatic heterocycles. The summed E-state index contributed by atoms with van der Waals surface area (Å²) in [4.78, 5) is 4.27. The van der Waals surface area contributed by atoms with Gasteiger partial charge >= 0.3 is 0 Å². The molecule has 0 amide bonds. The van der Waals surface area contributed by atoms with Gasteiger partial charge in [0.15, 0.2) is 0 Å². The first-order valence-corrected chi connectivity index (χ1v) is 4.75. The Morgan fingerprint density at radius 2 is 2.46 bits per heavy atom. The van der Waals surface area contributed by atoms with Crippen molar-refractivity contribution in [3.8, 4) is 0 Å². The third-order valence-corrected chi connectivity index (χ3v) is 2.77. The number of nitrogens with zero attached hydrogens (tertiary/aromatic N) is 1. The molecule has 3 heteroatoms. The molecule has 0 aliphatic carbocycles. The molecule has 0 bridgehead atoms. The standard InChI is InChI=1S/C10H11NOS/c1-6(12)8-3-4-9-10(5-8)13-7(2)11-9/h3-6,12H,1-2H3/i1D3. The van der Waals surface area contributed by atoms with Crippen molar-refractivity contribution in [2.75, 3.05) is 0 Å².